The molecule has 1 heterocycles. The van der Waals surface area contributed by atoms with E-state index in [1.807, 2.05) is 21.0 Å². The van der Waals surface area contributed by atoms with Gasteiger partial charge in [-0.15, -0.1) is 0 Å². The van der Waals surface area contributed by atoms with E-state index in [4.69, 9.17) is 5.11 Å². The first-order valence-corrected chi connectivity index (χ1v) is 6.70. The van der Waals surface area contributed by atoms with Crippen LogP contribution < -0.4 is 5.32 Å². The average molecular weight is 291 g/mol. The van der Waals surface area contributed by atoms with Gasteiger partial charge in [0, 0.05) is 24.5 Å². The second kappa shape index (κ2) is 8.16. The summed E-state index contributed by atoms with van der Waals surface area (Å²) in [6.07, 6.45) is 6.24. The van der Waals surface area contributed by atoms with Crippen LogP contribution in [0.2, 0.25) is 0 Å². The molecule has 0 fully saturated rings. The fourth-order valence-electron chi connectivity index (χ4n) is 1.67. The maximum Gasteiger partial charge on any atom is 0.328 e. The first-order valence-electron chi connectivity index (χ1n) is 6.70. The van der Waals surface area contributed by atoms with Crippen LogP contribution in [-0.4, -0.2) is 53.5 Å². The van der Waals surface area contributed by atoms with Crippen molar-refractivity contribution in [3.05, 3.63) is 35.7 Å². The number of carboxylic acid groups (broad SMARTS) is 1. The van der Waals surface area contributed by atoms with Crippen molar-refractivity contribution in [1.29, 1.82) is 0 Å². The van der Waals surface area contributed by atoms with Crippen LogP contribution in [0.1, 0.15) is 29.3 Å². The van der Waals surface area contributed by atoms with Crippen molar-refractivity contribution < 1.29 is 14.7 Å². The molecule has 0 spiro atoms. The van der Waals surface area contributed by atoms with E-state index in [2.05, 4.69) is 15.2 Å². The van der Waals surface area contributed by atoms with Crippen LogP contribution >= 0.6 is 0 Å². The van der Waals surface area contributed by atoms with Crippen LogP contribution in [0, 0.1) is 0 Å². The zero-order valence-corrected chi connectivity index (χ0v) is 12.5. The zero-order valence-electron chi connectivity index (χ0n) is 12.5. The fourth-order valence-corrected chi connectivity index (χ4v) is 1.67. The minimum Gasteiger partial charge on any atom is -0.478 e. The number of aliphatic carboxylic acids is 1. The molecule has 6 heteroatoms. The highest BCUT2D eigenvalue weighted by Crippen LogP contribution is 2.06. The summed E-state index contributed by atoms with van der Waals surface area (Å²) in [4.78, 5) is 28.6. The fraction of sp³-hybridized carbons (Fsp3) is 0.400. The number of amides is 1. The van der Waals surface area contributed by atoms with Gasteiger partial charge in [0.2, 0.25) is 0 Å². The van der Waals surface area contributed by atoms with E-state index in [1.165, 1.54) is 18.5 Å². The van der Waals surface area contributed by atoms with Gasteiger partial charge in [-0.25, -0.2) is 4.79 Å². The maximum atomic E-state index is 12.1. The number of nitrogens with zero attached hydrogens (tertiary/aromatic N) is 2. The molecule has 0 aromatic carbocycles. The molecule has 1 atom stereocenters. The van der Waals surface area contributed by atoms with E-state index in [1.54, 1.807) is 6.07 Å². The average Bonchev–Trinajstić information content (AvgIpc) is 2.43. The number of pyridine rings is 1. The summed E-state index contributed by atoms with van der Waals surface area (Å²) in [5.41, 5.74) is 0.991. The maximum absolute atomic E-state index is 12.1. The van der Waals surface area contributed by atoms with Crippen molar-refractivity contribution in [1.82, 2.24) is 15.2 Å². The van der Waals surface area contributed by atoms with E-state index in [9.17, 15) is 9.59 Å². The van der Waals surface area contributed by atoms with Crippen LogP contribution in [0.5, 0.6) is 0 Å². The van der Waals surface area contributed by atoms with Crippen LogP contribution in [0.15, 0.2) is 24.5 Å². The second-order valence-electron chi connectivity index (χ2n) is 5.14. The Hall–Kier alpha value is -2.21. The normalized spacial score (nSPS) is 12.6. The smallest absolute Gasteiger partial charge is 0.328 e. The summed E-state index contributed by atoms with van der Waals surface area (Å²) in [6.45, 7) is 2.84. The predicted molar refractivity (Wildman–Crippen MR) is 81.0 cm³/mol. The molecule has 0 saturated heterocycles. The summed E-state index contributed by atoms with van der Waals surface area (Å²) in [6, 6.07) is 1.67. The Bertz CT molecular complexity index is 527. The Kier molecular flexibility index (Phi) is 6.55. The molecule has 0 aliphatic carbocycles. The number of aromatic nitrogens is 1. The van der Waals surface area contributed by atoms with Crippen molar-refractivity contribution >= 4 is 18.0 Å². The third kappa shape index (κ3) is 6.67. The van der Waals surface area contributed by atoms with Gasteiger partial charge < -0.3 is 15.3 Å². The molecule has 0 aliphatic rings. The molecule has 1 amide bonds. The van der Waals surface area contributed by atoms with Crippen LogP contribution in [-0.2, 0) is 4.79 Å². The number of carboxylic acids is 1. The first-order chi connectivity index (χ1) is 9.88. The quantitative estimate of drug-likeness (QED) is 0.739. The number of nitrogens with one attached hydrogen (secondary N) is 1. The van der Waals surface area contributed by atoms with Gasteiger partial charge in [0.05, 0.1) is 5.56 Å². The molecule has 0 saturated carbocycles. The first kappa shape index (κ1) is 16.8. The molecular formula is C15H21N3O3. The largest absolute Gasteiger partial charge is 0.478 e. The van der Waals surface area contributed by atoms with Gasteiger partial charge in [-0.1, -0.05) is 0 Å². The lowest BCUT2D eigenvalue weighted by Gasteiger charge is -2.16. The number of carbonyl (C=O) groups is 2. The highest BCUT2D eigenvalue weighted by atomic mass is 16.4. The lowest BCUT2D eigenvalue weighted by atomic mass is 10.1. The summed E-state index contributed by atoms with van der Waals surface area (Å²) in [5.74, 6) is -1.25. The lowest BCUT2D eigenvalue weighted by Crippen LogP contribution is -2.34. The number of hydrogen-bond donors (Lipinski definition) is 2. The van der Waals surface area contributed by atoms with Crippen LogP contribution in [0.25, 0.3) is 6.08 Å². The number of rotatable bonds is 7. The summed E-state index contributed by atoms with van der Waals surface area (Å²) in [5, 5.41) is 11.5. The standard InChI is InChI=1S/C15H21N3O3/c1-11(6-7-18(2)3)17-15(21)13-8-12(9-16-10-13)4-5-14(19)20/h4-5,8-11H,6-7H2,1-3H3,(H,17,21)(H,19,20). The molecule has 1 unspecified atom stereocenters. The van der Waals surface area contributed by atoms with Crippen molar-refractivity contribution in [3.63, 3.8) is 0 Å². The Balaban J connectivity index is 2.65. The zero-order chi connectivity index (χ0) is 15.8. The monoisotopic (exact) mass is 291 g/mol. The van der Waals surface area contributed by atoms with E-state index < -0.39 is 5.97 Å². The SMILES string of the molecule is CC(CCN(C)C)NC(=O)c1cncc(C=CC(=O)O)c1. The minimum absolute atomic E-state index is 0.0538. The molecule has 2 N–H and O–H groups in total. The molecule has 114 valence electrons. The van der Waals surface area contributed by atoms with Gasteiger partial charge in [-0.05, 0) is 51.7 Å². The van der Waals surface area contributed by atoms with Crippen molar-refractivity contribution in [2.75, 3.05) is 20.6 Å². The summed E-state index contributed by atoms with van der Waals surface area (Å²) < 4.78 is 0. The minimum atomic E-state index is -1.04. The third-order valence-electron chi connectivity index (χ3n) is 2.83. The molecule has 21 heavy (non-hydrogen) atoms. The Morgan fingerprint density at radius 3 is 2.76 bits per heavy atom. The van der Waals surface area contributed by atoms with Gasteiger partial charge in [0.1, 0.15) is 0 Å². The molecule has 6 nitrogen and oxygen atoms in total. The van der Waals surface area contributed by atoms with E-state index in [-0.39, 0.29) is 11.9 Å². The predicted octanol–water partition coefficient (Wildman–Crippen LogP) is 1.25. The van der Waals surface area contributed by atoms with Gasteiger partial charge in [-0.2, -0.15) is 0 Å². The van der Waals surface area contributed by atoms with Gasteiger partial charge in [-0.3, -0.25) is 9.78 Å². The lowest BCUT2D eigenvalue weighted by molar-refractivity contribution is -0.131. The third-order valence-corrected chi connectivity index (χ3v) is 2.83. The highest BCUT2D eigenvalue weighted by Gasteiger charge is 2.10. The second-order valence-corrected chi connectivity index (χ2v) is 5.14. The van der Waals surface area contributed by atoms with E-state index in [0.717, 1.165) is 19.0 Å². The summed E-state index contributed by atoms with van der Waals surface area (Å²) >= 11 is 0. The van der Waals surface area contributed by atoms with Crippen LogP contribution in [0.3, 0.4) is 0 Å². The Morgan fingerprint density at radius 1 is 1.43 bits per heavy atom. The van der Waals surface area contributed by atoms with E-state index >= 15 is 0 Å². The molecule has 0 bridgehead atoms. The van der Waals surface area contributed by atoms with Crippen molar-refractivity contribution in [2.24, 2.45) is 0 Å². The topological polar surface area (TPSA) is 82.5 Å². The molecule has 1 aromatic heterocycles. The van der Waals surface area contributed by atoms with Gasteiger partial charge in [0.25, 0.3) is 5.91 Å². The molecule has 1 rings (SSSR count). The van der Waals surface area contributed by atoms with Crippen LogP contribution in [0.4, 0.5) is 0 Å². The van der Waals surface area contributed by atoms with E-state index in [0.29, 0.717) is 11.1 Å². The number of hydrogen-bond acceptors (Lipinski definition) is 4. The Labute approximate surface area is 124 Å². The molecule has 0 radical (unpaired) electrons. The van der Waals surface area contributed by atoms with Crippen molar-refractivity contribution in [3.8, 4) is 0 Å². The van der Waals surface area contributed by atoms with Crippen molar-refractivity contribution in [2.45, 2.75) is 19.4 Å². The number of carbonyl (C=O) groups excluding carboxylic acids is 1. The Morgan fingerprint density at radius 2 is 2.14 bits per heavy atom. The molecule has 1 aromatic rings. The van der Waals surface area contributed by atoms with Gasteiger partial charge in [0.15, 0.2) is 0 Å². The highest BCUT2D eigenvalue weighted by molar-refractivity contribution is 5.95. The van der Waals surface area contributed by atoms with Gasteiger partial charge >= 0.3 is 5.97 Å². The summed E-state index contributed by atoms with van der Waals surface area (Å²) in [7, 11) is 3.97. The molecular weight excluding hydrogens is 270 g/mol. The molecule has 0 aliphatic heterocycles.